The van der Waals surface area contributed by atoms with Crippen LogP contribution in [0.4, 0.5) is 0 Å². The molecule has 2 aliphatic heterocycles. The molecular weight excluding hydrogens is 314 g/mol. The summed E-state index contributed by atoms with van der Waals surface area (Å²) in [6.45, 7) is 4.21. The van der Waals surface area contributed by atoms with Crippen LogP contribution < -0.4 is 9.47 Å². The first-order valence-electron chi connectivity index (χ1n) is 8.40. The van der Waals surface area contributed by atoms with E-state index in [0.717, 1.165) is 37.5 Å². The molecule has 130 valence electrons. The Balaban J connectivity index is 0.00000192. The van der Waals surface area contributed by atoms with E-state index in [2.05, 4.69) is 17.0 Å². The van der Waals surface area contributed by atoms with E-state index in [9.17, 15) is 0 Å². The smallest absolute Gasteiger partial charge is 0.161 e. The van der Waals surface area contributed by atoms with Gasteiger partial charge in [-0.3, -0.25) is 0 Å². The van der Waals surface area contributed by atoms with Gasteiger partial charge >= 0.3 is 0 Å². The van der Waals surface area contributed by atoms with Crippen LogP contribution in [0.5, 0.6) is 11.5 Å². The van der Waals surface area contributed by atoms with E-state index < -0.39 is 0 Å². The Bertz CT molecular complexity index is 503. The van der Waals surface area contributed by atoms with E-state index in [1.807, 2.05) is 0 Å². The maximum atomic E-state index is 6.17. The first-order chi connectivity index (χ1) is 10.8. The fraction of sp³-hybridized carbons (Fsp3) is 0.667. The maximum absolute atomic E-state index is 6.17. The normalized spacial score (nSPS) is 21.7. The van der Waals surface area contributed by atoms with Crippen LogP contribution in [0.15, 0.2) is 12.1 Å². The van der Waals surface area contributed by atoms with Crippen molar-refractivity contribution < 1.29 is 14.2 Å². The van der Waals surface area contributed by atoms with E-state index in [-0.39, 0.29) is 18.5 Å². The Morgan fingerprint density at radius 3 is 2.43 bits per heavy atom. The van der Waals surface area contributed by atoms with Gasteiger partial charge in [0.05, 0.1) is 20.3 Å². The highest BCUT2D eigenvalue weighted by atomic mass is 35.5. The van der Waals surface area contributed by atoms with Crippen molar-refractivity contribution in [2.24, 2.45) is 0 Å². The number of piperidine rings is 1. The summed E-state index contributed by atoms with van der Waals surface area (Å²) in [5.74, 6) is 1.62. The number of hydrogen-bond donors (Lipinski definition) is 0. The SMILES string of the molecule is COc1cc2c(cc1OC)C(CN1CCCCC1)OCCC2.Cl. The quantitative estimate of drug-likeness (QED) is 0.837. The fourth-order valence-corrected chi connectivity index (χ4v) is 3.56. The van der Waals surface area contributed by atoms with Crippen molar-refractivity contribution >= 4 is 12.4 Å². The molecule has 0 spiro atoms. The van der Waals surface area contributed by atoms with Crippen molar-refractivity contribution in [3.8, 4) is 11.5 Å². The topological polar surface area (TPSA) is 30.9 Å². The molecule has 2 aliphatic rings. The number of halogens is 1. The zero-order valence-electron chi connectivity index (χ0n) is 14.2. The molecule has 0 N–H and O–H groups in total. The Hall–Kier alpha value is -0.970. The van der Waals surface area contributed by atoms with Gasteiger partial charge in [0.1, 0.15) is 0 Å². The average Bonchev–Trinajstić information content (AvgIpc) is 2.76. The van der Waals surface area contributed by atoms with E-state index in [1.54, 1.807) is 14.2 Å². The maximum Gasteiger partial charge on any atom is 0.161 e. The summed E-state index contributed by atoms with van der Waals surface area (Å²) in [6, 6.07) is 4.25. The van der Waals surface area contributed by atoms with Gasteiger partial charge in [-0.15, -0.1) is 12.4 Å². The molecule has 0 aromatic heterocycles. The molecule has 1 fully saturated rings. The van der Waals surface area contributed by atoms with Gasteiger partial charge in [0.25, 0.3) is 0 Å². The van der Waals surface area contributed by atoms with Crippen LogP contribution >= 0.6 is 12.4 Å². The largest absolute Gasteiger partial charge is 0.493 e. The number of hydrogen-bond acceptors (Lipinski definition) is 4. The first-order valence-corrected chi connectivity index (χ1v) is 8.40. The minimum Gasteiger partial charge on any atom is -0.493 e. The monoisotopic (exact) mass is 341 g/mol. The van der Waals surface area contributed by atoms with Crippen LogP contribution in [-0.2, 0) is 11.2 Å². The Morgan fingerprint density at radius 2 is 1.74 bits per heavy atom. The third kappa shape index (κ3) is 4.31. The predicted molar refractivity (Wildman–Crippen MR) is 94.1 cm³/mol. The lowest BCUT2D eigenvalue weighted by molar-refractivity contribution is 0.0238. The molecule has 0 bridgehead atoms. The summed E-state index contributed by atoms with van der Waals surface area (Å²) in [5.41, 5.74) is 2.62. The van der Waals surface area contributed by atoms with Gasteiger partial charge in [0, 0.05) is 13.2 Å². The molecule has 3 rings (SSSR count). The number of rotatable bonds is 4. The predicted octanol–water partition coefficient (Wildman–Crippen LogP) is 3.62. The summed E-state index contributed by atoms with van der Waals surface area (Å²) < 4.78 is 17.1. The van der Waals surface area contributed by atoms with Gasteiger partial charge in [-0.1, -0.05) is 6.42 Å². The molecule has 1 aromatic carbocycles. The standard InChI is InChI=1S/C18H27NO3.ClH/c1-20-16-11-14-7-6-10-22-18(15(14)12-17(16)21-2)13-19-8-4-3-5-9-19;/h11-12,18H,3-10,13H2,1-2H3;1H. The molecule has 23 heavy (non-hydrogen) atoms. The highest BCUT2D eigenvalue weighted by Gasteiger charge is 2.25. The van der Waals surface area contributed by atoms with Crippen molar-refractivity contribution in [1.29, 1.82) is 0 Å². The second-order valence-corrected chi connectivity index (χ2v) is 6.23. The molecule has 1 saturated heterocycles. The van der Waals surface area contributed by atoms with Gasteiger partial charge in [0.2, 0.25) is 0 Å². The molecule has 1 unspecified atom stereocenters. The Labute approximate surface area is 145 Å². The molecule has 0 aliphatic carbocycles. The second kappa shape index (κ2) is 8.76. The van der Waals surface area contributed by atoms with Gasteiger partial charge in [-0.25, -0.2) is 0 Å². The summed E-state index contributed by atoms with van der Waals surface area (Å²) in [7, 11) is 3.39. The number of benzene rings is 1. The van der Waals surface area contributed by atoms with Crippen LogP contribution in [0.2, 0.25) is 0 Å². The Kier molecular flexibility index (Phi) is 7.00. The van der Waals surface area contributed by atoms with Crippen molar-refractivity contribution in [1.82, 2.24) is 4.90 Å². The van der Waals surface area contributed by atoms with Crippen molar-refractivity contribution in [3.63, 3.8) is 0 Å². The van der Waals surface area contributed by atoms with Crippen LogP contribution in [0, 0.1) is 0 Å². The van der Waals surface area contributed by atoms with Crippen LogP contribution in [-0.4, -0.2) is 45.4 Å². The van der Waals surface area contributed by atoms with E-state index >= 15 is 0 Å². The number of aryl methyl sites for hydroxylation is 1. The molecule has 0 radical (unpaired) electrons. The number of nitrogens with zero attached hydrogens (tertiary/aromatic N) is 1. The first kappa shape index (κ1) is 18.4. The van der Waals surface area contributed by atoms with Crippen LogP contribution in [0.25, 0.3) is 0 Å². The van der Waals surface area contributed by atoms with Crippen molar-refractivity contribution in [2.45, 2.75) is 38.2 Å². The van der Waals surface area contributed by atoms with Gasteiger partial charge < -0.3 is 19.1 Å². The second-order valence-electron chi connectivity index (χ2n) is 6.23. The van der Waals surface area contributed by atoms with E-state index in [1.165, 1.54) is 43.5 Å². The molecule has 4 nitrogen and oxygen atoms in total. The van der Waals surface area contributed by atoms with Gasteiger partial charge in [-0.05, 0) is 62.0 Å². The van der Waals surface area contributed by atoms with E-state index in [0.29, 0.717) is 0 Å². The molecule has 1 aromatic rings. The molecular formula is C18H28ClNO3. The third-order valence-electron chi connectivity index (χ3n) is 4.77. The zero-order chi connectivity index (χ0) is 15.4. The Morgan fingerprint density at radius 1 is 1.04 bits per heavy atom. The van der Waals surface area contributed by atoms with Crippen molar-refractivity contribution in [2.75, 3.05) is 40.5 Å². The number of ether oxygens (including phenoxy) is 3. The minimum absolute atomic E-state index is 0. The molecule has 1 atom stereocenters. The summed E-state index contributed by atoms with van der Waals surface area (Å²) >= 11 is 0. The van der Waals surface area contributed by atoms with Crippen LogP contribution in [0.1, 0.15) is 42.9 Å². The van der Waals surface area contributed by atoms with E-state index in [4.69, 9.17) is 14.2 Å². The molecule has 5 heteroatoms. The lowest BCUT2D eigenvalue weighted by Crippen LogP contribution is -2.34. The zero-order valence-corrected chi connectivity index (χ0v) is 15.0. The van der Waals surface area contributed by atoms with Gasteiger partial charge in [-0.2, -0.15) is 0 Å². The summed E-state index contributed by atoms with van der Waals surface area (Å²) in [5, 5.41) is 0. The highest BCUT2D eigenvalue weighted by Crippen LogP contribution is 2.37. The lowest BCUT2D eigenvalue weighted by Gasteiger charge is -2.30. The third-order valence-corrected chi connectivity index (χ3v) is 4.77. The molecule has 0 saturated carbocycles. The van der Waals surface area contributed by atoms with Crippen molar-refractivity contribution in [3.05, 3.63) is 23.3 Å². The van der Waals surface area contributed by atoms with Crippen LogP contribution in [0.3, 0.4) is 0 Å². The summed E-state index contributed by atoms with van der Waals surface area (Å²) in [4.78, 5) is 2.54. The molecule has 2 heterocycles. The molecule has 0 amide bonds. The number of methoxy groups -OCH3 is 2. The fourth-order valence-electron chi connectivity index (χ4n) is 3.56. The minimum atomic E-state index is 0. The number of likely N-dealkylation sites (tertiary alicyclic amines) is 1. The van der Waals surface area contributed by atoms with Gasteiger partial charge in [0.15, 0.2) is 11.5 Å². The average molecular weight is 342 g/mol. The summed E-state index contributed by atoms with van der Waals surface area (Å²) in [6.07, 6.45) is 6.25. The number of fused-ring (bicyclic) bond motifs is 1. The highest BCUT2D eigenvalue weighted by molar-refractivity contribution is 5.85. The lowest BCUT2D eigenvalue weighted by atomic mass is 9.98.